The molecule has 0 unspecified atom stereocenters. The summed E-state index contributed by atoms with van der Waals surface area (Å²) >= 11 is 0. The molecule has 0 saturated carbocycles. The Balaban J connectivity index is 1.65. The van der Waals surface area contributed by atoms with Crippen LogP contribution < -0.4 is 5.32 Å². The molecular formula is C24H36N2O2. The van der Waals surface area contributed by atoms with Gasteiger partial charge in [-0.05, 0) is 64.9 Å². The molecule has 28 heavy (non-hydrogen) atoms. The van der Waals surface area contributed by atoms with Crippen LogP contribution in [0.25, 0.3) is 0 Å². The van der Waals surface area contributed by atoms with Crippen LogP contribution in [0.15, 0.2) is 35.6 Å². The first-order valence-corrected chi connectivity index (χ1v) is 10.7. The predicted molar refractivity (Wildman–Crippen MR) is 117 cm³/mol. The number of hydrogen-bond donors (Lipinski definition) is 1. The van der Waals surface area contributed by atoms with Crippen LogP contribution in [-0.2, 0) is 4.74 Å². The molecule has 0 atom stereocenters. The van der Waals surface area contributed by atoms with Gasteiger partial charge in [-0.3, -0.25) is 4.79 Å². The molecule has 154 valence electrons. The Morgan fingerprint density at radius 1 is 1.14 bits per heavy atom. The van der Waals surface area contributed by atoms with Crippen molar-refractivity contribution in [3.05, 3.63) is 46.7 Å². The minimum atomic E-state index is -0.000350. The Kier molecular flexibility index (Phi) is 9.98. The van der Waals surface area contributed by atoms with Crippen molar-refractivity contribution in [2.75, 3.05) is 25.6 Å². The number of rotatable bonds is 11. The monoisotopic (exact) mass is 384 g/mol. The van der Waals surface area contributed by atoms with Crippen LogP contribution in [0.1, 0.15) is 80.6 Å². The number of carbonyl (C=O) groups excluding carboxylic acids is 1. The number of Topliss-reactive ketones (excluding diaryl/α,β-unsaturated/α-hetero) is 1. The summed E-state index contributed by atoms with van der Waals surface area (Å²) in [6.45, 7) is 5.19. The molecule has 1 heterocycles. The molecule has 0 aliphatic heterocycles. The maximum Gasteiger partial charge on any atom is 0.188 e. The molecule has 0 bridgehead atoms. The molecule has 4 nitrogen and oxygen atoms in total. The summed E-state index contributed by atoms with van der Waals surface area (Å²) in [5.74, 6) is 0.810. The molecule has 2 rings (SSSR count). The van der Waals surface area contributed by atoms with E-state index in [0.717, 1.165) is 30.8 Å². The number of allylic oxidation sites excluding steroid dienone is 4. The van der Waals surface area contributed by atoms with Gasteiger partial charge in [-0.1, -0.05) is 36.1 Å². The van der Waals surface area contributed by atoms with Crippen LogP contribution in [0.3, 0.4) is 0 Å². The number of carbonyl (C=O) groups is 1. The largest absolute Gasteiger partial charge is 0.377 e. The predicted octanol–water partition coefficient (Wildman–Crippen LogP) is 6.03. The van der Waals surface area contributed by atoms with Crippen LogP contribution >= 0.6 is 0 Å². The molecule has 0 amide bonds. The van der Waals surface area contributed by atoms with Gasteiger partial charge in [-0.15, -0.1) is 0 Å². The summed E-state index contributed by atoms with van der Waals surface area (Å²) in [5.41, 5.74) is 4.79. The lowest BCUT2D eigenvalue weighted by atomic mass is 9.96. The second-order valence-electron chi connectivity index (χ2n) is 7.78. The number of nitrogens with zero attached hydrogens (tertiary/aromatic N) is 1. The van der Waals surface area contributed by atoms with Gasteiger partial charge in [-0.25, -0.2) is 4.98 Å². The Morgan fingerprint density at radius 2 is 1.96 bits per heavy atom. The molecule has 4 heteroatoms. The summed E-state index contributed by atoms with van der Waals surface area (Å²) in [7, 11) is 1.54. The molecule has 0 saturated heterocycles. The summed E-state index contributed by atoms with van der Waals surface area (Å²) < 4.78 is 4.95. The molecule has 0 fully saturated rings. The third-order valence-electron chi connectivity index (χ3n) is 5.44. The van der Waals surface area contributed by atoms with Crippen molar-refractivity contribution in [3.8, 4) is 0 Å². The molecule has 0 spiro atoms. The van der Waals surface area contributed by atoms with Crippen molar-refractivity contribution in [1.82, 2.24) is 4.98 Å². The number of hydrogen-bond acceptors (Lipinski definition) is 4. The van der Waals surface area contributed by atoms with Crippen LogP contribution in [0, 0.1) is 6.92 Å². The molecule has 1 aliphatic carbocycles. The van der Waals surface area contributed by atoms with Crippen molar-refractivity contribution < 1.29 is 9.53 Å². The molecule has 1 N–H and O–H groups in total. The average molecular weight is 385 g/mol. The highest BCUT2D eigenvalue weighted by molar-refractivity contribution is 5.99. The normalized spacial score (nSPS) is 18.4. The Labute approximate surface area is 170 Å². The molecular weight excluding hydrogens is 348 g/mol. The van der Waals surface area contributed by atoms with Crippen LogP contribution in [0.2, 0.25) is 0 Å². The van der Waals surface area contributed by atoms with E-state index >= 15 is 0 Å². The third-order valence-corrected chi connectivity index (χ3v) is 5.44. The number of ether oxygens (including phenoxy) is 1. The fourth-order valence-corrected chi connectivity index (χ4v) is 3.71. The first-order chi connectivity index (χ1) is 13.6. The second-order valence-corrected chi connectivity index (χ2v) is 7.78. The number of pyridine rings is 1. The minimum Gasteiger partial charge on any atom is -0.377 e. The lowest BCUT2D eigenvalue weighted by Gasteiger charge is -2.12. The van der Waals surface area contributed by atoms with Crippen molar-refractivity contribution in [2.24, 2.45) is 0 Å². The van der Waals surface area contributed by atoms with Gasteiger partial charge in [0, 0.05) is 31.0 Å². The Bertz CT molecular complexity index is 692. The first-order valence-electron chi connectivity index (χ1n) is 10.7. The van der Waals surface area contributed by atoms with Crippen molar-refractivity contribution >= 4 is 11.6 Å². The highest BCUT2D eigenvalue weighted by Gasteiger charge is 2.12. The Hall–Kier alpha value is -1.94. The number of unbranched alkanes of at least 4 members (excludes halogenated alkanes) is 3. The van der Waals surface area contributed by atoms with Gasteiger partial charge in [0.15, 0.2) is 5.78 Å². The Morgan fingerprint density at radius 3 is 2.79 bits per heavy atom. The van der Waals surface area contributed by atoms with E-state index in [1.54, 1.807) is 30.5 Å². The SMILES string of the molecule is COCC(=O)c1ccnc(NCCCCCC/C2=C/C/C=C(/C)CCC2)c1C. The molecule has 1 aromatic rings. The lowest BCUT2D eigenvalue weighted by Crippen LogP contribution is -2.12. The zero-order chi connectivity index (χ0) is 20.2. The number of ketones is 1. The highest BCUT2D eigenvalue weighted by atomic mass is 16.5. The van der Waals surface area contributed by atoms with E-state index in [-0.39, 0.29) is 12.4 Å². The van der Waals surface area contributed by atoms with Crippen molar-refractivity contribution in [2.45, 2.75) is 71.6 Å². The third kappa shape index (κ3) is 7.59. The number of aromatic nitrogens is 1. The van der Waals surface area contributed by atoms with Gasteiger partial charge in [0.2, 0.25) is 0 Å². The molecule has 0 aromatic carbocycles. The van der Waals surface area contributed by atoms with Crippen LogP contribution in [0.4, 0.5) is 5.82 Å². The fraction of sp³-hybridized carbons (Fsp3) is 0.583. The smallest absolute Gasteiger partial charge is 0.188 e. The van der Waals surface area contributed by atoms with E-state index in [1.807, 2.05) is 6.92 Å². The zero-order valence-corrected chi connectivity index (χ0v) is 17.9. The zero-order valence-electron chi connectivity index (χ0n) is 17.9. The quantitative estimate of drug-likeness (QED) is 0.287. The molecule has 1 aromatic heterocycles. The van der Waals surface area contributed by atoms with E-state index in [0.29, 0.717) is 5.56 Å². The van der Waals surface area contributed by atoms with Gasteiger partial charge in [0.1, 0.15) is 12.4 Å². The maximum atomic E-state index is 12.1. The van der Waals surface area contributed by atoms with Crippen LogP contribution in [0.5, 0.6) is 0 Å². The number of methoxy groups -OCH3 is 1. The topological polar surface area (TPSA) is 51.2 Å². The van der Waals surface area contributed by atoms with E-state index in [4.69, 9.17) is 4.74 Å². The van der Waals surface area contributed by atoms with E-state index in [9.17, 15) is 4.79 Å². The summed E-state index contributed by atoms with van der Waals surface area (Å²) in [5, 5.41) is 3.39. The molecule has 1 aliphatic rings. The van der Waals surface area contributed by atoms with Crippen molar-refractivity contribution in [1.29, 1.82) is 0 Å². The lowest BCUT2D eigenvalue weighted by molar-refractivity contribution is 0.0847. The second kappa shape index (κ2) is 12.5. The van der Waals surface area contributed by atoms with E-state index in [1.165, 1.54) is 44.9 Å². The highest BCUT2D eigenvalue weighted by Crippen LogP contribution is 2.22. The van der Waals surface area contributed by atoms with Crippen LogP contribution in [-0.4, -0.2) is 31.0 Å². The van der Waals surface area contributed by atoms with E-state index < -0.39 is 0 Å². The van der Waals surface area contributed by atoms with Crippen molar-refractivity contribution in [3.63, 3.8) is 0 Å². The standard InChI is InChI=1S/C24H36N2O2/c1-19-10-8-13-21(14-9-11-19)12-6-4-5-7-16-25-24-20(2)22(15-17-26-24)23(27)18-28-3/h10,13,15,17H,4-9,11-12,14,16,18H2,1-3H3,(H,25,26)/b19-10-,21-13-. The summed E-state index contributed by atoms with van der Waals surface area (Å²) in [6.07, 6.45) is 17.6. The van der Waals surface area contributed by atoms with Gasteiger partial charge >= 0.3 is 0 Å². The minimum absolute atomic E-state index is 0.000350. The van der Waals surface area contributed by atoms with Gasteiger partial charge in [0.05, 0.1) is 0 Å². The van der Waals surface area contributed by atoms with E-state index in [2.05, 4.69) is 29.4 Å². The average Bonchev–Trinajstić information content (AvgIpc) is 2.66. The molecule has 0 radical (unpaired) electrons. The van der Waals surface area contributed by atoms with Gasteiger partial charge < -0.3 is 10.1 Å². The van der Waals surface area contributed by atoms with Gasteiger partial charge in [0.25, 0.3) is 0 Å². The first kappa shape index (κ1) is 22.4. The summed E-state index contributed by atoms with van der Waals surface area (Å²) in [4.78, 5) is 16.4. The maximum absolute atomic E-state index is 12.1. The van der Waals surface area contributed by atoms with Gasteiger partial charge in [-0.2, -0.15) is 0 Å². The fourth-order valence-electron chi connectivity index (χ4n) is 3.71. The number of anilines is 1. The number of nitrogens with one attached hydrogen (secondary N) is 1. The summed E-state index contributed by atoms with van der Waals surface area (Å²) in [6, 6.07) is 1.77.